The van der Waals surface area contributed by atoms with E-state index in [4.69, 9.17) is 4.74 Å². The van der Waals surface area contributed by atoms with Gasteiger partial charge in [0.15, 0.2) is 0 Å². The largest absolute Gasteiger partial charge is 0.470 e. The van der Waals surface area contributed by atoms with Gasteiger partial charge in [0, 0.05) is 0 Å². The third-order valence-electron chi connectivity index (χ3n) is 3.74. The van der Waals surface area contributed by atoms with Gasteiger partial charge in [0.05, 0.1) is 18.9 Å². The molecular formula is C19H16BrN3O5S. The van der Waals surface area contributed by atoms with E-state index in [0.29, 0.717) is 4.60 Å². The molecule has 29 heavy (non-hydrogen) atoms. The van der Waals surface area contributed by atoms with Crippen LogP contribution in [0.4, 0.5) is 5.82 Å². The normalized spacial score (nSPS) is 11.0. The second kappa shape index (κ2) is 9.01. The molecule has 0 aliphatic carbocycles. The Morgan fingerprint density at radius 2 is 1.79 bits per heavy atom. The third-order valence-corrected chi connectivity index (χ3v) is 5.52. The van der Waals surface area contributed by atoms with Gasteiger partial charge in [-0.25, -0.2) is 23.2 Å². The van der Waals surface area contributed by atoms with Gasteiger partial charge in [-0.15, -0.1) is 0 Å². The second-order valence-electron chi connectivity index (χ2n) is 5.71. The molecule has 8 nitrogen and oxygen atoms in total. The van der Waals surface area contributed by atoms with Crippen LogP contribution in [0.3, 0.4) is 0 Å². The topological polar surface area (TPSA) is 107 Å². The van der Waals surface area contributed by atoms with Crippen LogP contribution >= 0.6 is 15.9 Å². The lowest BCUT2D eigenvalue weighted by Crippen LogP contribution is -2.19. The zero-order valence-corrected chi connectivity index (χ0v) is 17.6. The summed E-state index contributed by atoms with van der Waals surface area (Å²) in [6.07, 6.45) is 1.33. The summed E-state index contributed by atoms with van der Waals surface area (Å²) < 4.78 is 38.8. The standard InChI is InChI=1S/C19H16BrN3O5S/c1-27-19(24)14-9-5-6-10-15(14)29(25,26)23-17-18(22-16(20)11-21-17)28-12-13-7-3-2-4-8-13/h2-11H,12H2,1H3,(H,21,23). The van der Waals surface area contributed by atoms with Crippen molar-refractivity contribution < 1.29 is 22.7 Å². The van der Waals surface area contributed by atoms with Crippen LogP contribution in [0.2, 0.25) is 0 Å². The molecule has 0 saturated carbocycles. The van der Waals surface area contributed by atoms with Crippen molar-refractivity contribution in [3.8, 4) is 5.88 Å². The summed E-state index contributed by atoms with van der Waals surface area (Å²) >= 11 is 3.20. The number of sulfonamides is 1. The third kappa shape index (κ3) is 5.09. The van der Waals surface area contributed by atoms with E-state index < -0.39 is 16.0 Å². The summed E-state index contributed by atoms with van der Waals surface area (Å²) in [6, 6.07) is 15.0. The van der Waals surface area contributed by atoms with Crippen molar-refractivity contribution in [2.75, 3.05) is 11.8 Å². The number of halogens is 1. The molecule has 3 rings (SSSR count). The molecule has 0 amide bonds. The number of nitrogens with zero attached hydrogens (tertiary/aromatic N) is 2. The minimum Gasteiger partial charge on any atom is -0.470 e. The highest BCUT2D eigenvalue weighted by Crippen LogP contribution is 2.26. The van der Waals surface area contributed by atoms with Gasteiger partial charge in [-0.05, 0) is 33.6 Å². The molecule has 1 aromatic heterocycles. The Labute approximate surface area is 176 Å². The molecule has 1 heterocycles. The molecular weight excluding hydrogens is 462 g/mol. The number of rotatable bonds is 7. The number of nitrogens with one attached hydrogen (secondary N) is 1. The van der Waals surface area contributed by atoms with E-state index in [1.165, 1.54) is 31.5 Å². The maximum atomic E-state index is 12.9. The van der Waals surface area contributed by atoms with E-state index in [0.717, 1.165) is 5.56 Å². The van der Waals surface area contributed by atoms with Gasteiger partial charge in [-0.3, -0.25) is 4.72 Å². The minimum absolute atomic E-state index is 0.0117. The van der Waals surface area contributed by atoms with Gasteiger partial charge in [0.25, 0.3) is 15.9 Å². The fraction of sp³-hybridized carbons (Fsp3) is 0.105. The highest BCUT2D eigenvalue weighted by atomic mass is 79.9. The molecule has 0 fully saturated rings. The van der Waals surface area contributed by atoms with Gasteiger partial charge < -0.3 is 9.47 Å². The van der Waals surface area contributed by atoms with E-state index >= 15 is 0 Å². The van der Waals surface area contributed by atoms with Gasteiger partial charge in [0.1, 0.15) is 16.1 Å². The molecule has 0 aliphatic rings. The van der Waals surface area contributed by atoms with Crippen molar-refractivity contribution in [2.45, 2.75) is 11.5 Å². The van der Waals surface area contributed by atoms with Crippen LogP contribution in [-0.2, 0) is 21.4 Å². The van der Waals surface area contributed by atoms with Gasteiger partial charge in [-0.1, -0.05) is 42.5 Å². The lowest BCUT2D eigenvalue weighted by atomic mass is 10.2. The zero-order valence-electron chi connectivity index (χ0n) is 15.2. The number of anilines is 1. The van der Waals surface area contributed by atoms with Crippen LogP contribution < -0.4 is 9.46 Å². The first-order valence-corrected chi connectivity index (χ1v) is 10.6. The van der Waals surface area contributed by atoms with Crippen LogP contribution in [0.5, 0.6) is 5.88 Å². The number of methoxy groups -OCH3 is 1. The van der Waals surface area contributed by atoms with E-state index in [2.05, 4.69) is 35.4 Å². The molecule has 2 aromatic carbocycles. The lowest BCUT2D eigenvalue weighted by Gasteiger charge is -2.13. The van der Waals surface area contributed by atoms with Crippen molar-refractivity contribution in [2.24, 2.45) is 0 Å². The van der Waals surface area contributed by atoms with Gasteiger partial charge in [-0.2, -0.15) is 0 Å². The predicted molar refractivity (Wildman–Crippen MR) is 109 cm³/mol. The van der Waals surface area contributed by atoms with Gasteiger partial charge >= 0.3 is 5.97 Å². The molecule has 0 aliphatic heterocycles. The minimum atomic E-state index is -4.17. The number of benzene rings is 2. The highest BCUT2D eigenvalue weighted by molar-refractivity contribution is 9.10. The summed E-state index contributed by atoms with van der Waals surface area (Å²) in [7, 11) is -2.99. The van der Waals surface area contributed by atoms with Crippen molar-refractivity contribution in [3.63, 3.8) is 0 Å². The van der Waals surface area contributed by atoms with Gasteiger partial charge in [0.2, 0.25) is 5.82 Å². The summed E-state index contributed by atoms with van der Waals surface area (Å²) in [6.45, 7) is 0.166. The average Bonchev–Trinajstić information content (AvgIpc) is 2.74. The first kappa shape index (κ1) is 20.7. The number of ether oxygens (including phenoxy) is 2. The molecule has 150 valence electrons. The summed E-state index contributed by atoms with van der Waals surface area (Å²) in [4.78, 5) is 19.9. The number of carbonyl (C=O) groups is 1. The molecule has 3 aromatic rings. The van der Waals surface area contributed by atoms with Crippen molar-refractivity contribution >= 4 is 37.7 Å². The Morgan fingerprint density at radius 3 is 2.52 bits per heavy atom. The molecule has 0 saturated heterocycles. The Bertz CT molecular complexity index is 1120. The predicted octanol–water partition coefficient (Wildman–Crippen LogP) is 3.41. The number of carbonyl (C=O) groups excluding carboxylic acids is 1. The zero-order chi connectivity index (χ0) is 20.9. The Hall–Kier alpha value is -2.98. The smallest absolute Gasteiger partial charge is 0.339 e. The second-order valence-corrected chi connectivity index (χ2v) is 8.18. The summed E-state index contributed by atoms with van der Waals surface area (Å²) in [5.74, 6) is -0.889. The van der Waals surface area contributed by atoms with Crippen LogP contribution in [0, 0.1) is 0 Å². The lowest BCUT2D eigenvalue weighted by molar-refractivity contribution is 0.0596. The van der Waals surface area contributed by atoms with Crippen molar-refractivity contribution in [1.29, 1.82) is 0 Å². The van der Waals surface area contributed by atoms with Crippen molar-refractivity contribution in [3.05, 3.63) is 76.5 Å². The number of aromatic nitrogens is 2. The number of hydrogen-bond donors (Lipinski definition) is 1. The molecule has 0 bridgehead atoms. The molecule has 0 atom stereocenters. The summed E-state index contributed by atoms with van der Waals surface area (Å²) in [5, 5.41) is 0. The van der Waals surface area contributed by atoms with Crippen LogP contribution in [0.15, 0.2) is 70.3 Å². The molecule has 0 spiro atoms. The van der Waals surface area contributed by atoms with Crippen molar-refractivity contribution in [1.82, 2.24) is 9.97 Å². The van der Waals surface area contributed by atoms with E-state index in [1.54, 1.807) is 6.07 Å². The van der Waals surface area contributed by atoms with Crippen LogP contribution in [0.25, 0.3) is 0 Å². The summed E-state index contributed by atoms with van der Waals surface area (Å²) in [5.41, 5.74) is 0.776. The monoisotopic (exact) mass is 477 g/mol. The molecule has 0 radical (unpaired) electrons. The van der Waals surface area contributed by atoms with E-state index in [9.17, 15) is 13.2 Å². The number of esters is 1. The maximum absolute atomic E-state index is 12.9. The number of hydrogen-bond acceptors (Lipinski definition) is 7. The molecule has 0 unspecified atom stereocenters. The fourth-order valence-electron chi connectivity index (χ4n) is 2.41. The first-order chi connectivity index (χ1) is 13.9. The van der Waals surface area contributed by atoms with E-state index in [-0.39, 0.29) is 28.8 Å². The molecule has 10 heteroatoms. The first-order valence-electron chi connectivity index (χ1n) is 8.30. The van der Waals surface area contributed by atoms with Crippen LogP contribution in [0.1, 0.15) is 15.9 Å². The fourth-order valence-corrected chi connectivity index (χ4v) is 3.88. The average molecular weight is 478 g/mol. The Balaban J connectivity index is 1.91. The SMILES string of the molecule is COC(=O)c1ccccc1S(=O)(=O)Nc1ncc(Br)nc1OCc1ccccc1. The quantitative estimate of drug-likeness (QED) is 0.519. The Morgan fingerprint density at radius 1 is 1.10 bits per heavy atom. The molecule has 1 N–H and O–H groups in total. The Kier molecular flexibility index (Phi) is 6.45. The van der Waals surface area contributed by atoms with E-state index in [1.807, 2.05) is 30.3 Å². The highest BCUT2D eigenvalue weighted by Gasteiger charge is 2.25. The van der Waals surface area contributed by atoms with Crippen LogP contribution in [-0.4, -0.2) is 31.5 Å². The maximum Gasteiger partial charge on any atom is 0.339 e.